The second-order valence-corrected chi connectivity index (χ2v) is 7.95. The Morgan fingerprint density at radius 3 is 2.69 bits per heavy atom. The number of aromatic nitrogens is 1. The van der Waals surface area contributed by atoms with E-state index in [9.17, 15) is 14.9 Å². The summed E-state index contributed by atoms with van der Waals surface area (Å²) in [6, 6.07) is 12.8. The molecule has 3 rings (SSSR count). The molecule has 0 aliphatic heterocycles. The van der Waals surface area contributed by atoms with Crippen LogP contribution in [-0.2, 0) is 11.8 Å². The molecule has 2 aromatic carbocycles. The van der Waals surface area contributed by atoms with Gasteiger partial charge in [-0.15, -0.1) is 11.8 Å². The number of benzene rings is 2. The van der Waals surface area contributed by atoms with Crippen molar-refractivity contribution in [3.63, 3.8) is 0 Å². The standard InChI is InChI=1S/C18H17N3O3S2/c1-12-3-6-14(7-4-12)25-10-9-17(22)19-18-20(2)15-8-5-13(21(23)24)11-16(15)26-18/h3-8,11H,9-10H2,1-2H3. The van der Waals surface area contributed by atoms with Gasteiger partial charge in [0, 0.05) is 36.2 Å². The van der Waals surface area contributed by atoms with E-state index >= 15 is 0 Å². The Bertz CT molecular complexity index is 1040. The molecule has 1 amide bonds. The number of fused-ring (bicyclic) bond motifs is 1. The molecule has 8 heteroatoms. The highest BCUT2D eigenvalue weighted by molar-refractivity contribution is 7.99. The number of thiazole rings is 1. The average molecular weight is 387 g/mol. The molecule has 26 heavy (non-hydrogen) atoms. The van der Waals surface area contributed by atoms with Crippen molar-refractivity contribution in [2.75, 3.05) is 5.75 Å². The van der Waals surface area contributed by atoms with E-state index in [4.69, 9.17) is 0 Å². The highest BCUT2D eigenvalue weighted by atomic mass is 32.2. The van der Waals surface area contributed by atoms with Gasteiger partial charge in [-0.05, 0) is 25.1 Å². The van der Waals surface area contributed by atoms with E-state index in [1.165, 1.54) is 29.0 Å². The molecule has 0 bridgehead atoms. The maximum Gasteiger partial charge on any atom is 0.270 e. The molecule has 0 fully saturated rings. The summed E-state index contributed by atoms with van der Waals surface area (Å²) in [5.41, 5.74) is 2.06. The fraction of sp³-hybridized carbons (Fsp3) is 0.222. The Morgan fingerprint density at radius 2 is 2.00 bits per heavy atom. The van der Waals surface area contributed by atoms with Crippen LogP contribution in [0.15, 0.2) is 52.4 Å². The predicted octanol–water partition coefficient (Wildman–Crippen LogP) is 4.07. The SMILES string of the molecule is Cc1ccc(SCCC(=O)N=c2sc3cc([N+](=O)[O-])ccc3n2C)cc1. The van der Waals surface area contributed by atoms with Crippen molar-refractivity contribution in [2.45, 2.75) is 18.2 Å². The van der Waals surface area contributed by atoms with Crippen molar-refractivity contribution in [1.29, 1.82) is 0 Å². The molecule has 0 saturated heterocycles. The lowest BCUT2D eigenvalue weighted by Crippen LogP contribution is -2.13. The van der Waals surface area contributed by atoms with Gasteiger partial charge in [-0.25, -0.2) is 0 Å². The van der Waals surface area contributed by atoms with Gasteiger partial charge in [0.25, 0.3) is 5.69 Å². The number of hydrogen-bond acceptors (Lipinski definition) is 5. The van der Waals surface area contributed by atoms with Crippen molar-refractivity contribution in [3.05, 3.63) is 62.9 Å². The molecule has 0 N–H and O–H groups in total. The summed E-state index contributed by atoms with van der Waals surface area (Å²) in [5, 5.41) is 10.9. The fourth-order valence-electron chi connectivity index (χ4n) is 2.40. The lowest BCUT2D eigenvalue weighted by molar-refractivity contribution is -0.384. The van der Waals surface area contributed by atoms with Gasteiger partial charge in [0.1, 0.15) is 0 Å². The van der Waals surface area contributed by atoms with Gasteiger partial charge in [0.05, 0.1) is 15.1 Å². The molecule has 1 heterocycles. The zero-order valence-electron chi connectivity index (χ0n) is 14.3. The first-order chi connectivity index (χ1) is 12.4. The Hall–Kier alpha value is -2.45. The fourth-order valence-corrected chi connectivity index (χ4v) is 4.31. The zero-order valence-corrected chi connectivity index (χ0v) is 16.0. The summed E-state index contributed by atoms with van der Waals surface area (Å²) in [5.74, 6) is 0.465. The summed E-state index contributed by atoms with van der Waals surface area (Å²) in [7, 11) is 1.80. The maximum absolute atomic E-state index is 12.2. The van der Waals surface area contributed by atoms with E-state index in [1.807, 2.05) is 31.2 Å². The number of non-ortho nitro benzene ring substituents is 1. The third-order valence-corrected chi connectivity index (χ3v) is 5.94. The summed E-state index contributed by atoms with van der Waals surface area (Å²) in [6.07, 6.45) is 0.340. The molecule has 0 atom stereocenters. The molecule has 0 spiro atoms. The summed E-state index contributed by atoms with van der Waals surface area (Å²) in [6.45, 7) is 2.04. The van der Waals surface area contributed by atoms with Crippen molar-refractivity contribution < 1.29 is 9.72 Å². The first-order valence-electron chi connectivity index (χ1n) is 7.95. The molecule has 134 valence electrons. The van der Waals surface area contributed by atoms with E-state index in [2.05, 4.69) is 4.99 Å². The highest BCUT2D eigenvalue weighted by Crippen LogP contribution is 2.23. The lowest BCUT2D eigenvalue weighted by Gasteiger charge is -2.00. The number of thioether (sulfide) groups is 1. The van der Waals surface area contributed by atoms with Crippen LogP contribution >= 0.6 is 23.1 Å². The first kappa shape index (κ1) is 18.3. The van der Waals surface area contributed by atoms with Gasteiger partial charge in [-0.1, -0.05) is 29.0 Å². The number of rotatable bonds is 5. The Balaban J connectivity index is 1.72. The van der Waals surface area contributed by atoms with Crippen LogP contribution in [0.1, 0.15) is 12.0 Å². The van der Waals surface area contributed by atoms with Gasteiger partial charge in [-0.3, -0.25) is 14.9 Å². The van der Waals surface area contributed by atoms with Crippen molar-refractivity contribution in [2.24, 2.45) is 12.0 Å². The second-order valence-electron chi connectivity index (χ2n) is 5.77. The number of nitrogens with zero attached hydrogens (tertiary/aromatic N) is 3. The third-order valence-electron chi connectivity index (χ3n) is 3.83. The van der Waals surface area contributed by atoms with Crippen molar-refractivity contribution in [3.8, 4) is 0 Å². The molecule has 6 nitrogen and oxygen atoms in total. The number of aryl methyl sites for hydroxylation is 2. The lowest BCUT2D eigenvalue weighted by atomic mass is 10.2. The first-order valence-corrected chi connectivity index (χ1v) is 9.75. The van der Waals surface area contributed by atoms with Gasteiger partial charge in [0.15, 0.2) is 4.80 Å². The quantitative estimate of drug-likeness (QED) is 0.376. The minimum absolute atomic E-state index is 0.0340. The van der Waals surface area contributed by atoms with Crippen LogP contribution in [0.4, 0.5) is 5.69 Å². The van der Waals surface area contributed by atoms with E-state index < -0.39 is 4.92 Å². The molecule has 1 aromatic heterocycles. The van der Waals surface area contributed by atoms with Crippen molar-refractivity contribution >= 4 is 44.9 Å². The average Bonchev–Trinajstić information content (AvgIpc) is 2.92. The topological polar surface area (TPSA) is 77.5 Å². The van der Waals surface area contributed by atoms with Crippen LogP contribution in [0.2, 0.25) is 0 Å². The summed E-state index contributed by atoms with van der Waals surface area (Å²) < 4.78 is 2.52. The molecular formula is C18H17N3O3S2. The second kappa shape index (κ2) is 7.84. The van der Waals surface area contributed by atoms with Crippen LogP contribution in [0.5, 0.6) is 0 Å². The number of amides is 1. The number of nitro groups is 1. The molecule has 0 saturated carbocycles. The van der Waals surface area contributed by atoms with E-state index in [0.29, 0.717) is 17.0 Å². The number of carbonyl (C=O) groups excluding carboxylic acids is 1. The number of carbonyl (C=O) groups is 1. The number of hydrogen-bond donors (Lipinski definition) is 0. The minimum Gasteiger partial charge on any atom is -0.319 e. The molecular weight excluding hydrogens is 370 g/mol. The Kier molecular flexibility index (Phi) is 5.53. The smallest absolute Gasteiger partial charge is 0.270 e. The molecule has 0 aliphatic rings. The normalized spacial score (nSPS) is 11.8. The van der Waals surface area contributed by atoms with Gasteiger partial charge in [0.2, 0.25) is 5.91 Å². The van der Waals surface area contributed by atoms with Crippen molar-refractivity contribution in [1.82, 2.24) is 4.57 Å². The van der Waals surface area contributed by atoms with Crippen LogP contribution in [0.25, 0.3) is 10.2 Å². The maximum atomic E-state index is 12.2. The van der Waals surface area contributed by atoms with Crippen LogP contribution < -0.4 is 4.80 Å². The monoisotopic (exact) mass is 387 g/mol. The third kappa shape index (κ3) is 4.20. The largest absolute Gasteiger partial charge is 0.319 e. The van der Waals surface area contributed by atoms with E-state index in [-0.39, 0.29) is 11.6 Å². The van der Waals surface area contributed by atoms with Crippen LogP contribution in [-0.4, -0.2) is 21.2 Å². The van der Waals surface area contributed by atoms with Gasteiger partial charge < -0.3 is 4.57 Å². The minimum atomic E-state index is -0.427. The predicted molar refractivity (Wildman–Crippen MR) is 105 cm³/mol. The molecule has 0 unspecified atom stereocenters. The van der Waals surface area contributed by atoms with E-state index in [0.717, 1.165) is 15.1 Å². The van der Waals surface area contributed by atoms with Gasteiger partial charge >= 0.3 is 0 Å². The zero-order chi connectivity index (χ0) is 18.7. The Labute approximate surface area is 158 Å². The number of nitro benzene ring substituents is 1. The highest BCUT2D eigenvalue weighted by Gasteiger charge is 2.11. The molecule has 3 aromatic rings. The Morgan fingerprint density at radius 1 is 1.27 bits per heavy atom. The molecule has 0 aliphatic carbocycles. The van der Waals surface area contributed by atoms with E-state index in [1.54, 1.807) is 29.4 Å². The van der Waals surface area contributed by atoms with Crippen LogP contribution in [0.3, 0.4) is 0 Å². The summed E-state index contributed by atoms with van der Waals surface area (Å²) in [4.78, 5) is 28.5. The van der Waals surface area contributed by atoms with Gasteiger partial charge in [-0.2, -0.15) is 4.99 Å². The summed E-state index contributed by atoms with van der Waals surface area (Å²) >= 11 is 2.90. The molecule has 0 radical (unpaired) electrons. The van der Waals surface area contributed by atoms with Crippen LogP contribution in [0, 0.1) is 17.0 Å².